The van der Waals surface area contributed by atoms with E-state index in [2.05, 4.69) is 5.10 Å². The third-order valence-corrected chi connectivity index (χ3v) is 4.48. The number of pyridine rings is 1. The third kappa shape index (κ3) is 3.50. The summed E-state index contributed by atoms with van der Waals surface area (Å²) >= 11 is 12.1. The fourth-order valence-corrected chi connectivity index (χ4v) is 3.05. The zero-order chi connectivity index (χ0) is 19.1. The highest BCUT2D eigenvalue weighted by molar-refractivity contribution is 6.31. The summed E-state index contributed by atoms with van der Waals surface area (Å²) in [6, 6.07) is 9.63. The van der Waals surface area contributed by atoms with Gasteiger partial charge < -0.3 is 4.57 Å². The van der Waals surface area contributed by atoms with Crippen LogP contribution in [-0.2, 0) is 12.7 Å². The number of halogens is 5. The minimum atomic E-state index is -4.62. The Morgan fingerprint density at radius 3 is 2.42 bits per heavy atom. The molecule has 0 fully saturated rings. The van der Waals surface area contributed by atoms with E-state index in [1.165, 1.54) is 4.68 Å². The molecule has 0 spiro atoms. The molecule has 0 bridgehead atoms. The van der Waals surface area contributed by atoms with E-state index in [-0.39, 0.29) is 11.7 Å². The van der Waals surface area contributed by atoms with Gasteiger partial charge in [0.2, 0.25) is 0 Å². The molecule has 0 aliphatic heterocycles. The van der Waals surface area contributed by atoms with Crippen LogP contribution in [0.15, 0.2) is 47.4 Å². The molecular weight excluding hydrogens is 390 g/mol. The highest BCUT2D eigenvalue weighted by Gasteiger charge is 2.32. The number of hydrogen-bond donors (Lipinski definition) is 0. The molecule has 3 aromatic rings. The number of alkyl halides is 3. The van der Waals surface area contributed by atoms with Crippen molar-refractivity contribution in [2.75, 3.05) is 0 Å². The molecule has 0 aliphatic carbocycles. The van der Waals surface area contributed by atoms with Crippen LogP contribution in [0.1, 0.15) is 16.8 Å². The first-order valence-electron chi connectivity index (χ1n) is 7.45. The molecule has 136 valence electrons. The minimum Gasteiger partial charge on any atom is -0.309 e. The van der Waals surface area contributed by atoms with Gasteiger partial charge in [-0.25, -0.2) is 4.68 Å². The maximum Gasteiger partial charge on any atom is 0.417 e. The van der Waals surface area contributed by atoms with Gasteiger partial charge in [0.05, 0.1) is 23.5 Å². The van der Waals surface area contributed by atoms with Gasteiger partial charge in [0.25, 0.3) is 5.56 Å². The number of hydrogen-bond acceptors (Lipinski definition) is 2. The van der Waals surface area contributed by atoms with Crippen LogP contribution in [0, 0.1) is 6.92 Å². The van der Waals surface area contributed by atoms with Gasteiger partial charge in [0, 0.05) is 11.8 Å². The van der Waals surface area contributed by atoms with Crippen LogP contribution in [0.4, 0.5) is 13.2 Å². The molecule has 0 atom stereocenters. The van der Waals surface area contributed by atoms with Gasteiger partial charge in [-0.2, -0.15) is 18.3 Å². The average Bonchev–Trinajstić information content (AvgIpc) is 2.86. The largest absolute Gasteiger partial charge is 0.417 e. The average molecular weight is 402 g/mol. The van der Waals surface area contributed by atoms with Crippen LogP contribution in [-0.4, -0.2) is 14.3 Å². The first kappa shape index (κ1) is 18.5. The van der Waals surface area contributed by atoms with Crippen LogP contribution in [0.3, 0.4) is 0 Å². The normalized spacial score (nSPS) is 11.8. The van der Waals surface area contributed by atoms with Crippen LogP contribution in [0.2, 0.25) is 10.2 Å². The number of aromatic nitrogens is 3. The van der Waals surface area contributed by atoms with Gasteiger partial charge in [-0.05, 0) is 25.1 Å². The summed E-state index contributed by atoms with van der Waals surface area (Å²) in [5, 5.41) is 4.02. The molecule has 0 aliphatic rings. The lowest BCUT2D eigenvalue weighted by atomic mass is 10.2. The van der Waals surface area contributed by atoms with Gasteiger partial charge in [0.15, 0.2) is 0 Å². The van der Waals surface area contributed by atoms with E-state index in [0.717, 1.165) is 10.8 Å². The van der Waals surface area contributed by atoms with Crippen molar-refractivity contribution in [3.8, 4) is 5.69 Å². The molecule has 0 amide bonds. The maximum absolute atomic E-state index is 13.0. The zero-order valence-electron chi connectivity index (χ0n) is 13.4. The molecule has 0 saturated carbocycles. The molecule has 0 radical (unpaired) electrons. The maximum atomic E-state index is 13.0. The lowest BCUT2D eigenvalue weighted by molar-refractivity contribution is -0.138. The third-order valence-electron chi connectivity index (χ3n) is 3.82. The SMILES string of the molecule is Cc1nn(-c2ccccc2)c(Cl)c1Cn1cc(C(F)(F)F)cc(Cl)c1=O. The molecule has 26 heavy (non-hydrogen) atoms. The molecular formula is C17H12Cl2F3N3O. The van der Waals surface area contributed by atoms with Crippen LogP contribution < -0.4 is 5.56 Å². The van der Waals surface area contributed by atoms with Crippen molar-refractivity contribution in [3.63, 3.8) is 0 Å². The number of nitrogens with zero attached hydrogens (tertiary/aromatic N) is 3. The fourth-order valence-electron chi connectivity index (χ4n) is 2.49. The first-order valence-corrected chi connectivity index (χ1v) is 8.20. The summed E-state index contributed by atoms with van der Waals surface area (Å²) in [5.74, 6) is 0. The molecule has 0 saturated heterocycles. The summed E-state index contributed by atoms with van der Waals surface area (Å²) in [7, 11) is 0. The van der Waals surface area contributed by atoms with E-state index < -0.39 is 22.3 Å². The Kier molecular flexibility index (Phi) is 4.86. The summed E-state index contributed by atoms with van der Waals surface area (Å²) in [5.41, 5.74) is -0.109. The van der Waals surface area contributed by atoms with E-state index in [1.54, 1.807) is 31.2 Å². The summed E-state index contributed by atoms with van der Waals surface area (Å²) in [4.78, 5) is 12.1. The van der Waals surface area contributed by atoms with E-state index in [9.17, 15) is 18.0 Å². The second-order valence-electron chi connectivity index (χ2n) is 5.61. The molecule has 0 unspecified atom stereocenters. The Hall–Kier alpha value is -2.25. The summed E-state index contributed by atoms with van der Waals surface area (Å²) in [6.07, 6.45) is -3.89. The van der Waals surface area contributed by atoms with Crippen molar-refractivity contribution >= 4 is 23.2 Å². The van der Waals surface area contributed by atoms with Crippen LogP contribution in [0.5, 0.6) is 0 Å². The molecule has 2 aromatic heterocycles. The monoisotopic (exact) mass is 401 g/mol. The van der Waals surface area contributed by atoms with E-state index in [1.807, 2.05) is 6.07 Å². The van der Waals surface area contributed by atoms with Crippen molar-refractivity contribution < 1.29 is 13.2 Å². The Bertz CT molecular complexity index is 1010. The molecule has 3 rings (SSSR count). The van der Waals surface area contributed by atoms with Crippen molar-refractivity contribution in [3.05, 3.63) is 79.9 Å². The Balaban J connectivity index is 2.07. The second-order valence-corrected chi connectivity index (χ2v) is 6.37. The van der Waals surface area contributed by atoms with Gasteiger partial charge in [-0.15, -0.1) is 0 Å². The molecule has 4 nitrogen and oxygen atoms in total. The first-order chi connectivity index (χ1) is 12.2. The number of aryl methyl sites for hydroxylation is 1. The number of para-hydroxylation sites is 1. The van der Waals surface area contributed by atoms with E-state index in [4.69, 9.17) is 23.2 Å². The molecule has 9 heteroatoms. The molecule has 0 N–H and O–H groups in total. The zero-order valence-corrected chi connectivity index (χ0v) is 14.9. The quantitative estimate of drug-likeness (QED) is 0.637. The smallest absolute Gasteiger partial charge is 0.309 e. The number of benzene rings is 1. The Labute approximate surface area is 156 Å². The van der Waals surface area contributed by atoms with Gasteiger partial charge in [-0.3, -0.25) is 4.79 Å². The number of rotatable bonds is 3. The van der Waals surface area contributed by atoms with Crippen molar-refractivity contribution in [2.45, 2.75) is 19.6 Å². The van der Waals surface area contributed by atoms with Gasteiger partial charge in [0.1, 0.15) is 10.2 Å². The lowest BCUT2D eigenvalue weighted by Crippen LogP contribution is -2.23. The molecule has 1 aromatic carbocycles. The molecule has 2 heterocycles. The van der Waals surface area contributed by atoms with Gasteiger partial charge >= 0.3 is 6.18 Å². The predicted octanol–water partition coefficient (Wildman–Crippen LogP) is 4.72. The summed E-state index contributed by atoms with van der Waals surface area (Å²) < 4.78 is 41.3. The Morgan fingerprint density at radius 1 is 1.15 bits per heavy atom. The van der Waals surface area contributed by atoms with Crippen LogP contribution in [0.25, 0.3) is 5.69 Å². The highest BCUT2D eigenvalue weighted by atomic mass is 35.5. The van der Waals surface area contributed by atoms with Crippen molar-refractivity contribution in [2.24, 2.45) is 0 Å². The predicted molar refractivity (Wildman–Crippen MR) is 93.1 cm³/mol. The summed E-state index contributed by atoms with van der Waals surface area (Å²) in [6.45, 7) is 1.49. The van der Waals surface area contributed by atoms with Gasteiger partial charge in [-0.1, -0.05) is 41.4 Å². The second kappa shape index (κ2) is 6.81. The van der Waals surface area contributed by atoms with E-state index in [0.29, 0.717) is 23.0 Å². The highest BCUT2D eigenvalue weighted by Crippen LogP contribution is 2.30. The van der Waals surface area contributed by atoms with Crippen molar-refractivity contribution in [1.82, 2.24) is 14.3 Å². The topological polar surface area (TPSA) is 39.8 Å². The van der Waals surface area contributed by atoms with Crippen LogP contribution >= 0.6 is 23.2 Å². The standard InChI is InChI=1S/C17H12Cl2F3N3O/c1-10-13(15(19)25(23-10)12-5-3-2-4-6-12)9-24-8-11(17(20,21)22)7-14(18)16(24)26/h2-8H,9H2,1H3. The van der Waals surface area contributed by atoms with Crippen molar-refractivity contribution in [1.29, 1.82) is 0 Å². The Morgan fingerprint density at radius 2 is 1.81 bits per heavy atom. The lowest BCUT2D eigenvalue weighted by Gasteiger charge is -2.12. The fraction of sp³-hybridized carbons (Fsp3) is 0.176. The minimum absolute atomic E-state index is 0.181. The van der Waals surface area contributed by atoms with E-state index >= 15 is 0 Å².